The van der Waals surface area contributed by atoms with Gasteiger partial charge in [0.15, 0.2) is 0 Å². The first-order valence-corrected chi connectivity index (χ1v) is 15.7. The fraction of sp³-hybridized carbons (Fsp3) is 0. The summed E-state index contributed by atoms with van der Waals surface area (Å²) in [4.78, 5) is 9.53. The molecule has 0 aliphatic heterocycles. The maximum Gasteiger partial charge on any atom is 0.0722 e. The minimum atomic E-state index is 0.971. The topological polar surface area (TPSA) is 25.8 Å². The van der Waals surface area contributed by atoms with Crippen LogP contribution in [0.25, 0.3) is 87.9 Å². The SMILES string of the molecule is c1ccc(-c2cc(-c3ccc(-c4ccc(-c5cccc6cnccc56)c5ccccc45)cc3)nc3ccc4ccccc4c23)cc1. The zero-order chi connectivity index (χ0) is 30.5. The van der Waals surface area contributed by atoms with Gasteiger partial charge in [-0.2, -0.15) is 0 Å². The van der Waals surface area contributed by atoms with Crippen LogP contribution in [0.5, 0.6) is 0 Å². The number of hydrogen-bond donors (Lipinski definition) is 0. The van der Waals surface area contributed by atoms with E-state index in [-0.39, 0.29) is 0 Å². The van der Waals surface area contributed by atoms with Crippen molar-refractivity contribution in [1.29, 1.82) is 0 Å². The van der Waals surface area contributed by atoms with Crippen LogP contribution < -0.4 is 0 Å². The molecule has 2 nitrogen and oxygen atoms in total. The number of benzene rings is 7. The van der Waals surface area contributed by atoms with Crippen LogP contribution in [0.4, 0.5) is 0 Å². The predicted octanol–water partition coefficient (Wildman–Crippen LogP) is 11.8. The van der Waals surface area contributed by atoms with Crippen molar-refractivity contribution in [1.82, 2.24) is 9.97 Å². The molecule has 0 N–H and O–H groups in total. The van der Waals surface area contributed by atoms with E-state index in [9.17, 15) is 0 Å². The minimum Gasteiger partial charge on any atom is -0.264 e. The van der Waals surface area contributed by atoms with Crippen molar-refractivity contribution in [3.8, 4) is 44.6 Å². The molecule has 0 bridgehead atoms. The van der Waals surface area contributed by atoms with Gasteiger partial charge >= 0.3 is 0 Å². The molecule has 214 valence electrons. The Morgan fingerprint density at radius 3 is 1.87 bits per heavy atom. The molecule has 0 fully saturated rings. The molecule has 0 spiro atoms. The molecule has 2 heteroatoms. The number of rotatable bonds is 4. The number of hydrogen-bond acceptors (Lipinski definition) is 2. The smallest absolute Gasteiger partial charge is 0.0722 e. The fourth-order valence-electron chi connectivity index (χ4n) is 6.96. The maximum atomic E-state index is 5.20. The number of aromatic nitrogens is 2. The van der Waals surface area contributed by atoms with Gasteiger partial charge in [-0.1, -0.05) is 140 Å². The molecule has 9 aromatic rings. The molecule has 46 heavy (non-hydrogen) atoms. The highest BCUT2D eigenvalue weighted by molar-refractivity contribution is 6.14. The van der Waals surface area contributed by atoms with Crippen LogP contribution in [0, 0.1) is 0 Å². The molecule has 0 aliphatic rings. The van der Waals surface area contributed by atoms with Gasteiger partial charge in [0.25, 0.3) is 0 Å². The quantitative estimate of drug-likeness (QED) is 0.192. The molecule has 0 unspecified atom stereocenters. The third-order valence-corrected chi connectivity index (χ3v) is 9.17. The molecule has 0 saturated carbocycles. The summed E-state index contributed by atoms with van der Waals surface area (Å²) in [5.41, 5.74) is 10.3. The van der Waals surface area contributed by atoms with Gasteiger partial charge in [-0.3, -0.25) is 4.98 Å². The van der Waals surface area contributed by atoms with Crippen LogP contribution >= 0.6 is 0 Å². The fourth-order valence-corrected chi connectivity index (χ4v) is 6.96. The third-order valence-electron chi connectivity index (χ3n) is 9.17. The average Bonchev–Trinajstić information content (AvgIpc) is 3.14. The Hall–Kier alpha value is -6.12. The second-order valence-corrected chi connectivity index (χ2v) is 11.8. The van der Waals surface area contributed by atoms with Gasteiger partial charge in [-0.05, 0) is 78.5 Å². The van der Waals surface area contributed by atoms with E-state index >= 15 is 0 Å². The summed E-state index contributed by atoms with van der Waals surface area (Å²) in [5, 5.41) is 8.48. The van der Waals surface area contributed by atoms with Crippen molar-refractivity contribution in [2.24, 2.45) is 0 Å². The Kier molecular flexibility index (Phi) is 6.17. The van der Waals surface area contributed by atoms with Crippen LogP contribution in [-0.4, -0.2) is 9.97 Å². The molecule has 0 saturated heterocycles. The van der Waals surface area contributed by atoms with Crippen LogP contribution in [0.1, 0.15) is 0 Å². The number of nitrogens with zero attached hydrogens (tertiary/aromatic N) is 2. The molecule has 7 aromatic carbocycles. The molecule has 0 aliphatic carbocycles. The average molecular weight is 585 g/mol. The van der Waals surface area contributed by atoms with E-state index in [1.165, 1.54) is 65.7 Å². The zero-order valence-electron chi connectivity index (χ0n) is 25.1. The van der Waals surface area contributed by atoms with Crippen LogP contribution in [0.15, 0.2) is 170 Å². The van der Waals surface area contributed by atoms with Gasteiger partial charge in [0, 0.05) is 28.7 Å². The monoisotopic (exact) mass is 584 g/mol. The van der Waals surface area contributed by atoms with Gasteiger partial charge in [0.05, 0.1) is 11.2 Å². The van der Waals surface area contributed by atoms with E-state index in [0.717, 1.165) is 22.2 Å². The lowest BCUT2D eigenvalue weighted by Gasteiger charge is -2.15. The Bertz CT molecular complexity index is 2560. The van der Waals surface area contributed by atoms with E-state index < -0.39 is 0 Å². The van der Waals surface area contributed by atoms with Crippen molar-refractivity contribution in [2.75, 3.05) is 0 Å². The summed E-state index contributed by atoms with van der Waals surface area (Å²) in [6.45, 7) is 0. The molecule has 2 aromatic heterocycles. The number of fused-ring (bicyclic) bond motifs is 5. The lowest BCUT2D eigenvalue weighted by molar-refractivity contribution is 1.36. The Morgan fingerprint density at radius 1 is 0.370 bits per heavy atom. The molecule has 0 amide bonds. The Labute approximate surface area is 267 Å². The standard InChI is InChI=1S/C44H28N2/c1-2-9-29(10-3-1)41-27-43(46-42-24-21-30-11-4-5-13-36(30)44(41)42)32-19-17-31(18-20-32)34-22-23-40(39-15-7-6-14-37(34)39)38-16-8-12-33-28-45-26-25-35(33)38/h1-28H. The van der Waals surface area contributed by atoms with Crippen LogP contribution in [0.2, 0.25) is 0 Å². The Morgan fingerprint density at radius 2 is 1.02 bits per heavy atom. The largest absolute Gasteiger partial charge is 0.264 e. The molecule has 2 heterocycles. The summed E-state index contributed by atoms with van der Waals surface area (Å²) in [6, 6.07) is 56.5. The van der Waals surface area contributed by atoms with E-state index in [1.807, 2.05) is 12.4 Å². The van der Waals surface area contributed by atoms with E-state index in [1.54, 1.807) is 0 Å². The molecular formula is C44H28N2. The van der Waals surface area contributed by atoms with Crippen molar-refractivity contribution in [2.45, 2.75) is 0 Å². The van der Waals surface area contributed by atoms with Gasteiger partial charge in [0.1, 0.15) is 0 Å². The van der Waals surface area contributed by atoms with Crippen LogP contribution in [0.3, 0.4) is 0 Å². The summed E-state index contributed by atoms with van der Waals surface area (Å²) >= 11 is 0. The maximum absolute atomic E-state index is 5.20. The molecular weight excluding hydrogens is 556 g/mol. The highest BCUT2D eigenvalue weighted by Crippen LogP contribution is 2.40. The first kappa shape index (κ1) is 26.3. The van der Waals surface area contributed by atoms with E-state index in [2.05, 4.69) is 163 Å². The Balaban J connectivity index is 1.17. The highest BCUT2D eigenvalue weighted by Gasteiger charge is 2.14. The normalized spacial score (nSPS) is 11.5. The first-order chi connectivity index (χ1) is 22.8. The van der Waals surface area contributed by atoms with Gasteiger partial charge in [0.2, 0.25) is 0 Å². The van der Waals surface area contributed by atoms with Crippen molar-refractivity contribution in [3.63, 3.8) is 0 Å². The van der Waals surface area contributed by atoms with Gasteiger partial charge in [-0.25, -0.2) is 4.98 Å². The second-order valence-electron chi connectivity index (χ2n) is 11.8. The predicted molar refractivity (Wildman–Crippen MR) is 194 cm³/mol. The molecule has 0 radical (unpaired) electrons. The lowest BCUT2D eigenvalue weighted by atomic mass is 9.90. The third kappa shape index (κ3) is 4.35. The van der Waals surface area contributed by atoms with Crippen molar-refractivity contribution in [3.05, 3.63) is 170 Å². The van der Waals surface area contributed by atoms with Gasteiger partial charge < -0.3 is 0 Å². The summed E-state index contributed by atoms with van der Waals surface area (Å²) in [6.07, 6.45) is 3.81. The van der Waals surface area contributed by atoms with Crippen LogP contribution in [-0.2, 0) is 0 Å². The molecule has 0 atom stereocenters. The van der Waals surface area contributed by atoms with E-state index in [0.29, 0.717) is 0 Å². The second kappa shape index (κ2) is 10.8. The zero-order valence-corrected chi connectivity index (χ0v) is 25.1. The van der Waals surface area contributed by atoms with E-state index in [4.69, 9.17) is 4.98 Å². The highest BCUT2D eigenvalue weighted by atomic mass is 14.7. The summed E-state index contributed by atoms with van der Waals surface area (Å²) in [7, 11) is 0. The summed E-state index contributed by atoms with van der Waals surface area (Å²) in [5.74, 6) is 0. The van der Waals surface area contributed by atoms with Gasteiger partial charge in [-0.15, -0.1) is 0 Å². The van der Waals surface area contributed by atoms with Crippen molar-refractivity contribution >= 4 is 43.2 Å². The minimum absolute atomic E-state index is 0.971. The number of pyridine rings is 2. The molecule has 9 rings (SSSR count). The first-order valence-electron chi connectivity index (χ1n) is 15.7. The summed E-state index contributed by atoms with van der Waals surface area (Å²) < 4.78 is 0. The van der Waals surface area contributed by atoms with Crippen molar-refractivity contribution < 1.29 is 0 Å². The lowest BCUT2D eigenvalue weighted by Crippen LogP contribution is -1.92.